The van der Waals surface area contributed by atoms with Crippen LogP contribution in [0, 0.1) is 0 Å². The molecule has 0 spiro atoms. The van der Waals surface area contributed by atoms with Crippen LogP contribution >= 0.6 is 0 Å². The molecule has 10 nitrogen and oxygen atoms in total. The number of hydrogen-bond donors (Lipinski definition) is 4. The first-order valence-corrected chi connectivity index (χ1v) is 15.4. The largest absolute Gasteiger partial charge is 0.870 e. The average Bonchev–Trinajstić information content (AvgIpc) is 2.96. The number of quaternary nitrogens is 2. The predicted octanol–water partition coefficient (Wildman–Crippen LogP) is 3.15. The summed E-state index contributed by atoms with van der Waals surface area (Å²) in [6, 6.07) is 11.0. The Hall–Kier alpha value is -4.02. The summed E-state index contributed by atoms with van der Waals surface area (Å²) in [6.07, 6.45) is 4.78. The van der Waals surface area contributed by atoms with Gasteiger partial charge < -0.3 is 39.7 Å². The van der Waals surface area contributed by atoms with E-state index in [1.807, 2.05) is 0 Å². The average molecular weight is 647 g/mol. The summed E-state index contributed by atoms with van der Waals surface area (Å²) in [5.41, 5.74) is 1.63. The van der Waals surface area contributed by atoms with Crippen LogP contribution in [0.15, 0.2) is 48.6 Å². The van der Waals surface area contributed by atoms with Crippen LogP contribution in [-0.4, -0.2) is 73.6 Å². The van der Waals surface area contributed by atoms with E-state index in [4.69, 9.17) is 19.7 Å². The quantitative estimate of drug-likeness (QED) is 0.288. The maximum Gasteiger partial charge on any atom is 0.328 e. The van der Waals surface area contributed by atoms with Crippen molar-refractivity contribution < 1.29 is 49.3 Å². The van der Waals surface area contributed by atoms with E-state index in [1.165, 1.54) is 69.3 Å². The van der Waals surface area contributed by atoms with Crippen LogP contribution in [-0.2, 0) is 9.59 Å². The number of carbonyl (C=O) groups is 2. The molecule has 0 amide bonds. The molecule has 260 valence electrons. The second-order valence-corrected chi connectivity index (χ2v) is 12.5. The molecule has 1 atom stereocenters. The molecule has 0 aliphatic rings. The molecule has 0 saturated heterocycles. The number of aliphatic carboxylic acids is 2. The van der Waals surface area contributed by atoms with Gasteiger partial charge in [0.05, 0.1) is 51.5 Å². The van der Waals surface area contributed by atoms with Crippen LogP contribution in [0.25, 0.3) is 12.2 Å². The smallest absolute Gasteiger partial charge is 0.328 e. The first-order chi connectivity index (χ1) is 21.2. The molecule has 0 bridgehead atoms. The Labute approximate surface area is 276 Å². The normalized spacial score (nSPS) is 11.8. The summed E-state index contributed by atoms with van der Waals surface area (Å²) in [5, 5.41) is 38.9. The van der Waals surface area contributed by atoms with E-state index in [-0.39, 0.29) is 23.0 Å². The standard InChI is InChI=1S/2C10H10O4.2C8H19N/c2*1-14-9-6-7(2-4-8(9)11)3-5-10(12)13;1-7(2)9(6)8(3,4)5;1-6-9(7(2)3)8(4)5/h2*2-6,11H,1H3,(H,12,13);7H,1-6H3;7-8H,6H2,1-5H3/b2*5-3+;;. The third-order valence-electron chi connectivity index (χ3n) is 7.15. The molecule has 10 heteroatoms. The molecule has 0 fully saturated rings. The van der Waals surface area contributed by atoms with Crippen molar-refractivity contribution >= 4 is 24.1 Å². The Morgan fingerprint density at radius 3 is 1.28 bits per heavy atom. The Bertz CT molecular complexity index is 1140. The maximum absolute atomic E-state index is 11.1. The third kappa shape index (κ3) is 19.4. The number of carboxylic acid groups (broad SMARTS) is 2. The second-order valence-electron chi connectivity index (χ2n) is 12.5. The van der Waals surface area contributed by atoms with Crippen LogP contribution in [0.3, 0.4) is 0 Å². The zero-order chi connectivity index (χ0) is 36.2. The molecule has 1 unspecified atom stereocenters. The van der Waals surface area contributed by atoms with E-state index in [0.29, 0.717) is 16.7 Å². The minimum absolute atomic E-state index is 0.206. The molecule has 0 saturated carbocycles. The lowest BCUT2D eigenvalue weighted by Gasteiger charge is -2.31. The van der Waals surface area contributed by atoms with Gasteiger partial charge in [-0.05, 0) is 105 Å². The highest BCUT2D eigenvalue weighted by molar-refractivity contribution is 5.85. The van der Waals surface area contributed by atoms with Crippen LogP contribution in [0.5, 0.6) is 23.0 Å². The number of rotatable bonds is 10. The van der Waals surface area contributed by atoms with E-state index in [9.17, 15) is 19.8 Å². The number of nitrogens with one attached hydrogen (secondary N) is 2. The van der Waals surface area contributed by atoms with Crippen molar-refractivity contribution in [3.63, 3.8) is 0 Å². The first kappa shape index (κ1) is 44.1. The summed E-state index contributed by atoms with van der Waals surface area (Å²) in [5.74, 6) is -2.10. The van der Waals surface area contributed by atoms with Crippen LogP contribution in [0.2, 0.25) is 0 Å². The fourth-order valence-electron chi connectivity index (χ4n) is 4.26. The van der Waals surface area contributed by atoms with Crippen molar-refractivity contribution in [1.29, 1.82) is 0 Å². The summed E-state index contributed by atoms with van der Waals surface area (Å²) >= 11 is 0. The van der Waals surface area contributed by atoms with Crippen LogP contribution in [0.4, 0.5) is 0 Å². The van der Waals surface area contributed by atoms with Gasteiger partial charge in [-0.15, -0.1) is 0 Å². The molecule has 2 aromatic rings. The van der Waals surface area contributed by atoms with E-state index in [2.05, 4.69) is 76.3 Å². The third-order valence-corrected chi connectivity index (χ3v) is 7.15. The number of carboxylic acids is 2. The Morgan fingerprint density at radius 1 is 0.761 bits per heavy atom. The summed E-state index contributed by atoms with van der Waals surface area (Å²) in [4.78, 5) is 23.7. The summed E-state index contributed by atoms with van der Waals surface area (Å²) in [7, 11) is 5.02. The number of methoxy groups -OCH3 is 2. The minimum Gasteiger partial charge on any atom is -0.870 e. The van der Waals surface area contributed by atoms with Crippen molar-refractivity contribution in [1.82, 2.24) is 0 Å². The molecular formula is C36H58N2O8. The summed E-state index contributed by atoms with van der Waals surface area (Å²) in [6.45, 7) is 23.9. The van der Waals surface area contributed by atoms with Crippen molar-refractivity contribution in [2.75, 3.05) is 27.8 Å². The van der Waals surface area contributed by atoms with Gasteiger partial charge in [-0.25, -0.2) is 9.59 Å². The first-order valence-electron chi connectivity index (χ1n) is 15.4. The zero-order valence-electron chi connectivity index (χ0n) is 30.1. The lowest BCUT2D eigenvalue weighted by molar-refractivity contribution is -0.948. The lowest BCUT2D eigenvalue weighted by Crippen LogP contribution is -3.19. The molecule has 0 aromatic heterocycles. The number of benzene rings is 2. The highest BCUT2D eigenvalue weighted by Gasteiger charge is 2.22. The van der Waals surface area contributed by atoms with Crippen molar-refractivity contribution in [2.45, 2.75) is 92.9 Å². The van der Waals surface area contributed by atoms with Gasteiger partial charge in [0.25, 0.3) is 0 Å². The van der Waals surface area contributed by atoms with Gasteiger partial charge in [0.2, 0.25) is 0 Å². The lowest BCUT2D eigenvalue weighted by atomic mass is 10.1. The van der Waals surface area contributed by atoms with Gasteiger partial charge in [-0.2, -0.15) is 0 Å². The van der Waals surface area contributed by atoms with E-state index >= 15 is 0 Å². The molecule has 4 N–H and O–H groups in total. The van der Waals surface area contributed by atoms with Crippen LogP contribution < -0.4 is 29.5 Å². The van der Waals surface area contributed by atoms with Crippen LogP contribution in [0.1, 0.15) is 80.4 Å². The maximum atomic E-state index is 11.1. The molecule has 2 aromatic carbocycles. The minimum atomic E-state index is -1.03. The fraction of sp³-hybridized carbons (Fsp3) is 0.500. The predicted molar refractivity (Wildman–Crippen MR) is 182 cm³/mol. The molecule has 2 rings (SSSR count). The van der Waals surface area contributed by atoms with E-state index < -0.39 is 11.9 Å². The van der Waals surface area contributed by atoms with Gasteiger partial charge >= 0.3 is 11.9 Å². The Kier molecular flexibility index (Phi) is 21.6. The Morgan fingerprint density at radius 2 is 1.11 bits per heavy atom. The molecule has 0 radical (unpaired) electrons. The van der Waals surface area contributed by atoms with Gasteiger partial charge in [0.15, 0.2) is 0 Å². The highest BCUT2D eigenvalue weighted by Crippen LogP contribution is 2.25. The summed E-state index contributed by atoms with van der Waals surface area (Å²) < 4.78 is 9.60. The SMILES string of the molecule is CC(C)[NH+](C)C(C)(C)C.CC[NH+](C(C)C)C(C)C.COc1cc(/C=C/C(=O)O)ccc1[O-].COc1cc(/C=C/C(=O)O)ccc1[O-]. The van der Waals surface area contributed by atoms with E-state index in [1.54, 1.807) is 9.80 Å². The zero-order valence-corrected chi connectivity index (χ0v) is 30.1. The van der Waals surface area contributed by atoms with Gasteiger partial charge in [-0.1, -0.05) is 35.8 Å². The number of ether oxygens (including phenoxy) is 2. The second kappa shape index (κ2) is 22.5. The highest BCUT2D eigenvalue weighted by atomic mass is 16.5. The van der Waals surface area contributed by atoms with Crippen molar-refractivity contribution in [3.05, 3.63) is 59.7 Å². The van der Waals surface area contributed by atoms with Crippen molar-refractivity contribution in [3.8, 4) is 23.0 Å². The molecule has 0 aliphatic carbocycles. The topological polar surface area (TPSA) is 148 Å². The van der Waals surface area contributed by atoms with Gasteiger partial charge in [0.1, 0.15) is 11.5 Å². The van der Waals surface area contributed by atoms with Gasteiger partial charge in [-0.3, -0.25) is 0 Å². The Balaban J connectivity index is 0. The van der Waals surface area contributed by atoms with E-state index in [0.717, 1.165) is 30.3 Å². The molecular weight excluding hydrogens is 588 g/mol. The molecule has 0 aliphatic heterocycles. The monoisotopic (exact) mass is 646 g/mol. The van der Waals surface area contributed by atoms with Gasteiger partial charge in [0, 0.05) is 12.2 Å². The molecule has 0 heterocycles. The molecule has 46 heavy (non-hydrogen) atoms. The van der Waals surface area contributed by atoms with Crippen molar-refractivity contribution in [2.24, 2.45) is 0 Å². The number of hydrogen-bond acceptors (Lipinski definition) is 6. The fourth-order valence-corrected chi connectivity index (χ4v) is 4.26.